The molecule has 5 heteroatoms. The van der Waals surface area contributed by atoms with Crippen LogP contribution in [0.2, 0.25) is 0 Å². The molecule has 1 heterocycles. The predicted molar refractivity (Wildman–Crippen MR) is 75.4 cm³/mol. The van der Waals surface area contributed by atoms with Crippen molar-refractivity contribution >= 4 is 5.97 Å². The van der Waals surface area contributed by atoms with Crippen molar-refractivity contribution in [2.75, 3.05) is 26.7 Å². The molecule has 2 N–H and O–H groups in total. The second-order valence-corrected chi connectivity index (χ2v) is 5.80. The number of rotatable bonds is 8. The topological polar surface area (TPSA) is 61.8 Å². The Kier molecular flexibility index (Phi) is 6.23. The summed E-state index contributed by atoms with van der Waals surface area (Å²) < 4.78 is 5.63. The van der Waals surface area contributed by atoms with Gasteiger partial charge in [-0.3, -0.25) is 4.79 Å². The Bertz CT molecular complexity index is 292. The SMILES string of the molecule is CCNC(C)(CC(C)N(C)CC1CCCO1)C(=O)O. The Morgan fingerprint density at radius 1 is 1.63 bits per heavy atom. The zero-order valence-corrected chi connectivity index (χ0v) is 12.6. The Morgan fingerprint density at radius 2 is 2.32 bits per heavy atom. The molecule has 1 fully saturated rings. The number of ether oxygens (including phenoxy) is 1. The van der Waals surface area contributed by atoms with E-state index in [0.717, 1.165) is 26.0 Å². The summed E-state index contributed by atoms with van der Waals surface area (Å²) in [6.45, 7) is 8.16. The molecule has 5 nitrogen and oxygen atoms in total. The molecule has 0 aromatic heterocycles. The first-order valence-corrected chi connectivity index (χ1v) is 7.19. The summed E-state index contributed by atoms with van der Waals surface area (Å²) in [7, 11) is 2.04. The number of nitrogens with one attached hydrogen (secondary N) is 1. The van der Waals surface area contributed by atoms with Gasteiger partial charge in [-0.15, -0.1) is 0 Å². The van der Waals surface area contributed by atoms with Crippen LogP contribution in [0, 0.1) is 0 Å². The van der Waals surface area contributed by atoms with Crippen molar-refractivity contribution in [2.45, 2.75) is 57.7 Å². The first-order chi connectivity index (χ1) is 8.89. The fourth-order valence-corrected chi connectivity index (χ4v) is 2.66. The minimum absolute atomic E-state index is 0.198. The molecule has 0 amide bonds. The van der Waals surface area contributed by atoms with E-state index in [4.69, 9.17) is 4.74 Å². The van der Waals surface area contributed by atoms with Crippen molar-refractivity contribution in [1.29, 1.82) is 0 Å². The van der Waals surface area contributed by atoms with Crippen LogP contribution in [-0.4, -0.2) is 60.4 Å². The standard InChI is InChI=1S/C14H28N2O3/c1-5-15-14(3,13(17)18)9-11(2)16(4)10-12-7-6-8-19-12/h11-12,15H,5-10H2,1-4H3,(H,17,18). The van der Waals surface area contributed by atoms with Crippen LogP contribution in [-0.2, 0) is 9.53 Å². The van der Waals surface area contributed by atoms with E-state index in [1.807, 2.05) is 14.0 Å². The smallest absolute Gasteiger partial charge is 0.323 e. The van der Waals surface area contributed by atoms with E-state index in [1.54, 1.807) is 6.92 Å². The molecule has 1 rings (SSSR count). The molecular formula is C14H28N2O3. The minimum atomic E-state index is -0.862. The Balaban J connectivity index is 2.50. The average molecular weight is 272 g/mol. The van der Waals surface area contributed by atoms with Gasteiger partial charge in [-0.1, -0.05) is 6.92 Å². The number of carboxylic acids is 1. The van der Waals surface area contributed by atoms with Gasteiger partial charge >= 0.3 is 5.97 Å². The van der Waals surface area contributed by atoms with Gasteiger partial charge < -0.3 is 20.1 Å². The molecule has 112 valence electrons. The molecule has 1 saturated heterocycles. The molecule has 0 saturated carbocycles. The zero-order valence-electron chi connectivity index (χ0n) is 12.6. The molecule has 0 radical (unpaired) electrons. The number of carboxylic acid groups (broad SMARTS) is 1. The van der Waals surface area contributed by atoms with Crippen molar-refractivity contribution in [3.63, 3.8) is 0 Å². The Labute approximate surface area is 116 Å². The number of carbonyl (C=O) groups is 1. The third-order valence-electron chi connectivity index (χ3n) is 4.01. The number of nitrogens with zero attached hydrogens (tertiary/aromatic N) is 1. The Morgan fingerprint density at radius 3 is 2.79 bits per heavy atom. The number of aliphatic carboxylic acids is 1. The average Bonchev–Trinajstić information content (AvgIpc) is 2.81. The summed E-state index contributed by atoms with van der Waals surface area (Å²) in [5.41, 5.74) is -0.862. The van der Waals surface area contributed by atoms with E-state index < -0.39 is 11.5 Å². The van der Waals surface area contributed by atoms with Crippen LogP contribution in [0.3, 0.4) is 0 Å². The highest BCUT2D eigenvalue weighted by Gasteiger charge is 2.35. The molecule has 3 atom stereocenters. The van der Waals surface area contributed by atoms with Gasteiger partial charge in [0.05, 0.1) is 6.10 Å². The lowest BCUT2D eigenvalue weighted by atomic mass is 9.93. The van der Waals surface area contributed by atoms with Gasteiger partial charge in [0.15, 0.2) is 0 Å². The second-order valence-electron chi connectivity index (χ2n) is 5.80. The summed E-state index contributed by atoms with van der Waals surface area (Å²) in [6, 6.07) is 0.198. The maximum absolute atomic E-state index is 11.4. The molecule has 1 aliphatic heterocycles. The molecule has 0 bridgehead atoms. The van der Waals surface area contributed by atoms with E-state index in [9.17, 15) is 9.90 Å². The van der Waals surface area contributed by atoms with Crippen LogP contribution in [0.4, 0.5) is 0 Å². The summed E-state index contributed by atoms with van der Waals surface area (Å²) in [5, 5.41) is 12.5. The highest BCUT2D eigenvalue weighted by Crippen LogP contribution is 2.19. The van der Waals surface area contributed by atoms with Crippen molar-refractivity contribution in [2.24, 2.45) is 0 Å². The number of hydrogen-bond donors (Lipinski definition) is 2. The van der Waals surface area contributed by atoms with Gasteiger partial charge in [0.2, 0.25) is 0 Å². The largest absolute Gasteiger partial charge is 0.480 e. The van der Waals surface area contributed by atoms with Gasteiger partial charge in [0, 0.05) is 19.2 Å². The Hall–Kier alpha value is -0.650. The lowest BCUT2D eigenvalue weighted by molar-refractivity contribution is -0.145. The monoisotopic (exact) mass is 272 g/mol. The third-order valence-corrected chi connectivity index (χ3v) is 4.01. The molecule has 0 aliphatic carbocycles. The van der Waals surface area contributed by atoms with Crippen LogP contribution >= 0.6 is 0 Å². The minimum Gasteiger partial charge on any atom is -0.480 e. The van der Waals surface area contributed by atoms with Crippen molar-refractivity contribution in [1.82, 2.24) is 10.2 Å². The van der Waals surface area contributed by atoms with Crippen LogP contribution < -0.4 is 5.32 Å². The molecule has 0 spiro atoms. The number of hydrogen-bond acceptors (Lipinski definition) is 4. The molecule has 19 heavy (non-hydrogen) atoms. The summed E-state index contributed by atoms with van der Waals surface area (Å²) in [6.07, 6.45) is 3.14. The van der Waals surface area contributed by atoms with Gasteiger partial charge in [0.25, 0.3) is 0 Å². The van der Waals surface area contributed by atoms with Gasteiger partial charge in [0.1, 0.15) is 5.54 Å². The molecule has 0 aromatic carbocycles. The van der Waals surface area contributed by atoms with Crippen LogP contribution in [0.25, 0.3) is 0 Å². The third kappa shape index (κ3) is 4.75. The van der Waals surface area contributed by atoms with E-state index in [1.165, 1.54) is 0 Å². The van der Waals surface area contributed by atoms with Crippen LogP contribution in [0.15, 0.2) is 0 Å². The van der Waals surface area contributed by atoms with Crippen LogP contribution in [0.5, 0.6) is 0 Å². The summed E-state index contributed by atoms with van der Waals surface area (Å²) in [5.74, 6) is -0.785. The fraction of sp³-hybridized carbons (Fsp3) is 0.929. The van der Waals surface area contributed by atoms with E-state index in [-0.39, 0.29) is 6.04 Å². The predicted octanol–water partition coefficient (Wildman–Crippen LogP) is 1.33. The van der Waals surface area contributed by atoms with E-state index in [2.05, 4.69) is 17.1 Å². The zero-order chi connectivity index (χ0) is 14.5. The summed E-state index contributed by atoms with van der Waals surface area (Å²) >= 11 is 0. The quantitative estimate of drug-likeness (QED) is 0.698. The van der Waals surface area contributed by atoms with E-state index >= 15 is 0 Å². The molecule has 0 aromatic rings. The van der Waals surface area contributed by atoms with Gasteiger partial charge in [-0.2, -0.15) is 0 Å². The summed E-state index contributed by atoms with van der Waals surface area (Å²) in [4.78, 5) is 13.6. The van der Waals surface area contributed by atoms with Crippen molar-refractivity contribution in [3.05, 3.63) is 0 Å². The fourth-order valence-electron chi connectivity index (χ4n) is 2.66. The lowest BCUT2D eigenvalue weighted by Crippen LogP contribution is -2.53. The number of likely N-dealkylation sites (N-methyl/N-ethyl adjacent to an activating group) is 2. The first kappa shape index (κ1) is 16.4. The highest BCUT2D eigenvalue weighted by atomic mass is 16.5. The van der Waals surface area contributed by atoms with Crippen LogP contribution in [0.1, 0.15) is 40.0 Å². The van der Waals surface area contributed by atoms with Gasteiger partial charge in [-0.25, -0.2) is 0 Å². The first-order valence-electron chi connectivity index (χ1n) is 7.19. The maximum atomic E-state index is 11.4. The molecule has 3 unspecified atom stereocenters. The second kappa shape index (κ2) is 7.22. The van der Waals surface area contributed by atoms with Crippen molar-refractivity contribution in [3.8, 4) is 0 Å². The van der Waals surface area contributed by atoms with Gasteiger partial charge in [-0.05, 0) is 46.7 Å². The van der Waals surface area contributed by atoms with E-state index in [0.29, 0.717) is 19.1 Å². The normalized spacial score (nSPS) is 24.4. The molecular weight excluding hydrogens is 244 g/mol. The highest BCUT2D eigenvalue weighted by molar-refractivity contribution is 5.78. The maximum Gasteiger partial charge on any atom is 0.323 e. The lowest BCUT2D eigenvalue weighted by Gasteiger charge is -2.34. The van der Waals surface area contributed by atoms with Crippen molar-refractivity contribution < 1.29 is 14.6 Å². The molecule has 1 aliphatic rings.